The van der Waals surface area contributed by atoms with E-state index >= 15 is 0 Å². The quantitative estimate of drug-likeness (QED) is 0.917. The average Bonchev–Trinajstić information content (AvgIpc) is 2.67. The number of imidazole rings is 1. The van der Waals surface area contributed by atoms with Crippen molar-refractivity contribution < 1.29 is 14.6 Å². The molecule has 1 atom stereocenters. The van der Waals surface area contributed by atoms with Crippen LogP contribution in [0.15, 0.2) is 12.3 Å². The van der Waals surface area contributed by atoms with Gasteiger partial charge in [0.2, 0.25) is 0 Å². The van der Waals surface area contributed by atoms with Crippen molar-refractivity contribution in [3.05, 3.63) is 23.1 Å². The van der Waals surface area contributed by atoms with Gasteiger partial charge in [0.25, 0.3) is 0 Å². The van der Waals surface area contributed by atoms with E-state index in [1.807, 2.05) is 13.8 Å². The van der Waals surface area contributed by atoms with Crippen LogP contribution in [-0.2, 0) is 16.1 Å². The van der Waals surface area contributed by atoms with Gasteiger partial charge in [0.15, 0.2) is 5.65 Å². The number of halogens is 1. The highest BCUT2D eigenvalue weighted by Gasteiger charge is 2.28. The largest absolute Gasteiger partial charge is 0.480 e. The fourth-order valence-electron chi connectivity index (χ4n) is 2.22. The van der Waals surface area contributed by atoms with Gasteiger partial charge >= 0.3 is 5.97 Å². The molecule has 0 saturated carbocycles. The van der Waals surface area contributed by atoms with E-state index in [2.05, 4.69) is 9.97 Å². The van der Waals surface area contributed by atoms with Crippen molar-refractivity contribution in [1.82, 2.24) is 14.5 Å². The molecule has 2 rings (SSSR count). The number of methoxy groups -OCH3 is 1. The summed E-state index contributed by atoms with van der Waals surface area (Å²) in [4.78, 5) is 20.2. The predicted molar refractivity (Wildman–Crippen MR) is 74.8 cm³/mol. The zero-order valence-electron chi connectivity index (χ0n) is 11.5. The van der Waals surface area contributed by atoms with Crippen LogP contribution in [0.5, 0.6) is 0 Å². The third-order valence-electron chi connectivity index (χ3n) is 3.01. The molecule has 108 valence electrons. The van der Waals surface area contributed by atoms with Crippen LogP contribution in [0, 0.1) is 5.92 Å². The molecule has 0 amide bonds. The summed E-state index contributed by atoms with van der Waals surface area (Å²) in [6.07, 6.45) is 1.48. The lowest BCUT2D eigenvalue weighted by Gasteiger charge is -2.20. The Labute approximate surface area is 121 Å². The number of rotatable bonds is 5. The fourth-order valence-corrected chi connectivity index (χ4v) is 2.37. The van der Waals surface area contributed by atoms with Crippen molar-refractivity contribution in [2.24, 2.45) is 5.92 Å². The Kier molecular flexibility index (Phi) is 4.25. The van der Waals surface area contributed by atoms with E-state index in [1.54, 1.807) is 10.6 Å². The Morgan fingerprint density at radius 2 is 2.25 bits per heavy atom. The van der Waals surface area contributed by atoms with E-state index in [-0.39, 0.29) is 12.5 Å². The SMILES string of the molecule is COCc1nc2cc(Cl)cnc2n1C(C(=O)O)C(C)C. The highest BCUT2D eigenvalue weighted by Crippen LogP contribution is 2.27. The van der Waals surface area contributed by atoms with Crippen molar-refractivity contribution >= 4 is 28.7 Å². The van der Waals surface area contributed by atoms with Crippen LogP contribution in [0.4, 0.5) is 0 Å². The Bertz CT molecular complexity index is 639. The first-order valence-electron chi connectivity index (χ1n) is 6.19. The second kappa shape index (κ2) is 5.76. The number of aliphatic carboxylic acids is 1. The van der Waals surface area contributed by atoms with Crippen molar-refractivity contribution in [2.45, 2.75) is 26.5 Å². The molecule has 0 fully saturated rings. The lowest BCUT2D eigenvalue weighted by Crippen LogP contribution is -2.26. The van der Waals surface area contributed by atoms with Gasteiger partial charge in [-0.2, -0.15) is 0 Å². The molecular formula is C13H16ClN3O3. The second-order valence-electron chi connectivity index (χ2n) is 4.85. The van der Waals surface area contributed by atoms with E-state index in [0.29, 0.717) is 22.0 Å². The van der Waals surface area contributed by atoms with Crippen LogP contribution < -0.4 is 0 Å². The van der Waals surface area contributed by atoms with Gasteiger partial charge in [0.05, 0.1) is 5.02 Å². The number of carboxylic acid groups (broad SMARTS) is 1. The van der Waals surface area contributed by atoms with Gasteiger partial charge < -0.3 is 9.84 Å². The lowest BCUT2D eigenvalue weighted by molar-refractivity contribution is -0.142. The highest BCUT2D eigenvalue weighted by molar-refractivity contribution is 6.31. The Morgan fingerprint density at radius 1 is 1.55 bits per heavy atom. The fraction of sp³-hybridized carbons (Fsp3) is 0.462. The molecule has 0 spiro atoms. The molecule has 0 radical (unpaired) electrons. The summed E-state index contributed by atoms with van der Waals surface area (Å²) in [5, 5.41) is 9.94. The van der Waals surface area contributed by atoms with Gasteiger partial charge in [0.1, 0.15) is 24.0 Å². The lowest BCUT2D eigenvalue weighted by atomic mass is 10.0. The summed E-state index contributed by atoms with van der Waals surface area (Å²) in [5.41, 5.74) is 1.07. The standard InChI is InChI=1S/C13H16ClN3O3/c1-7(2)11(13(18)19)17-10(6-20-3)16-9-4-8(14)5-15-12(9)17/h4-5,7,11H,6H2,1-3H3,(H,18,19). The molecule has 2 heterocycles. The maximum absolute atomic E-state index is 11.6. The van der Waals surface area contributed by atoms with Gasteiger partial charge in [-0.05, 0) is 12.0 Å². The number of ether oxygens (including phenoxy) is 1. The highest BCUT2D eigenvalue weighted by atomic mass is 35.5. The van der Waals surface area contributed by atoms with E-state index in [0.717, 1.165) is 0 Å². The molecule has 0 saturated heterocycles. The summed E-state index contributed by atoms with van der Waals surface area (Å²) < 4.78 is 6.71. The number of nitrogens with zero attached hydrogens (tertiary/aromatic N) is 3. The zero-order valence-corrected chi connectivity index (χ0v) is 12.3. The number of hydrogen-bond donors (Lipinski definition) is 1. The third kappa shape index (κ3) is 2.62. The number of carboxylic acids is 1. The molecule has 0 aromatic carbocycles. The van der Waals surface area contributed by atoms with Crippen LogP contribution in [0.25, 0.3) is 11.2 Å². The summed E-state index contributed by atoms with van der Waals surface area (Å²) >= 11 is 5.90. The molecule has 6 nitrogen and oxygen atoms in total. The molecule has 0 aliphatic carbocycles. The van der Waals surface area contributed by atoms with Crippen LogP contribution in [-0.4, -0.2) is 32.7 Å². The summed E-state index contributed by atoms with van der Waals surface area (Å²) in [6.45, 7) is 3.90. The number of pyridine rings is 1. The van der Waals surface area contributed by atoms with E-state index < -0.39 is 12.0 Å². The number of aromatic nitrogens is 3. The maximum Gasteiger partial charge on any atom is 0.327 e. The molecule has 2 aromatic heterocycles. The van der Waals surface area contributed by atoms with Gasteiger partial charge in [-0.3, -0.25) is 4.57 Å². The Balaban J connectivity index is 2.70. The van der Waals surface area contributed by atoms with E-state index in [9.17, 15) is 9.90 Å². The molecule has 0 aliphatic heterocycles. The van der Waals surface area contributed by atoms with Gasteiger partial charge in [0, 0.05) is 13.3 Å². The first-order chi connectivity index (χ1) is 9.45. The van der Waals surface area contributed by atoms with Crippen LogP contribution in [0.2, 0.25) is 5.02 Å². The van der Waals surface area contributed by atoms with E-state index in [4.69, 9.17) is 16.3 Å². The molecule has 0 aliphatic rings. The smallest absolute Gasteiger partial charge is 0.327 e. The Morgan fingerprint density at radius 3 is 2.80 bits per heavy atom. The van der Waals surface area contributed by atoms with Crippen LogP contribution >= 0.6 is 11.6 Å². The number of carbonyl (C=O) groups is 1. The number of hydrogen-bond acceptors (Lipinski definition) is 4. The normalized spacial score (nSPS) is 13.1. The summed E-state index contributed by atoms with van der Waals surface area (Å²) in [7, 11) is 1.54. The molecule has 7 heteroatoms. The second-order valence-corrected chi connectivity index (χ2v) is 5.29. The first kappa shape index (κ1) is 14.7. The minimum atomic E-state index is -0.923. The topological polar surface area (TPSA) is 77.2 Å². The maximum atomic E-state index is 11.6. The molecule has 2 aromatic rings. The van der Waals surface area contributed by atoms with Crippen molar-refractivity contribution in [1.29, 1.82) is 0 Å². The van der Waals surface area contributed by atoms with Gasteiger partial charge in [-0.15, -0.1) is 0 Å². The monoisotopic (exact) mass is 297 g/mol. The van der Waals surface area contributed by atoms with Gasteiger partial charge in [-0.25, -0.2) is 14.8 Å². The van der Waals surface area contributed by atoms with Crippen molar-refractivity contribution in [2.75, 3.05) is 7.11 Å². The minimum absolute atomic E-state index is 0.113. The molecular weight excluding hydrogens is 282 g/mol. The van der Waals surface area contributed by atoms with Crippen LogP contribution in [0.3, 0.4) is 0 Å². The summed E-state index contributed by atoms with van der Waals surface area (Å²) in [5.74, 6) is -0.509. The third-order valence-corrected chi connectivity index (χ3v) is 3.21. The number of fused-ring (bicyclic) bond motifs is 1. The zero-order chi connectivity index (χ0) is 14.9. The minimum Gasteiger partial charge on any atom is -0.480 e. The van der Waals surface area contributed by atoms with Crippen LogP contribution in [0.1, 0.15) is 25.7 Å². The summed E-state index contributed by atoms with van der Waals surface area (Å²) in [6, 6.07) is 0.914. The molecule has 20 heavy (non-hydrogen) atoms. The molecule has 1 unspecified atom stereocenters. The molecule has 1 N–H and O–H groups in total. The molecule has 0 bridgehead atoms. The van der Waals surface area contributed by atoms with Crippen molar-refractivity contribution in [3.63, 3.8) is 0 Å². The van der Waals surface area contributed by atoms with Crippen molar-refractivity contribution in [3.8, 4) is 0 Å². The van der Waals surface area contributed by atoms with E-state index in [1.165, 1.54) is 13.3 Å². The first-order valence-corrected chi connectivity index (χ1v) is 6.57. The van der Waals surface area contributed by atoms with Gasteiger partial charge in [-0.1, -0.05) is 25.4 Å². The Hall–Kier alpha value is -1.66. The predicted octanol–water partition coefficient (Wildman–Crippen LogP) is 2.51. The average molecular weight is 298 g/mol.